The van der Waals surface area contributed by atoms with Crippen LogP contribution in [0, 0.1) is 13.8 Å². The van der Waals surface area contributed by atoms with Crippen LogP contribution in [0.4, 0.5) is 0 Å². The first-order chi connectivity index (χ1) is 17.7. The van der Waals surface area contributed by atoms with Gasteiger partial charge in [0.25, 0.3) is 10.0 Å². The number of aliphatic hydroxyl groups excluding tert-OH is 1. The average molecular weight is 523 g/mol. The van der Waals surface area contributed by atoms with Crippen molar-refractivity contribution < 1.29 is 13.5 Å². The maximum Gasteiger partial charge on any atom is 0.260 e. The summed E-state index contributed by atoms with van der Waals surface area (Å²) in [6.07, 6.45) is 3.26. The van der Waals surface area contributed by atoms with Crippen LogP contribution < -0.4 is 0 Å². The number of benzene rings is 2. The van der Waals surface area contributed by atoms with Gasteiger partial charge in [-0.2, -0.15) is 9.40 Å². The van der Waals surface area contributed by atoms with Gasteiger partial charge in [0, 0.05) is 37.1 Å². The van der Waals surface area contributed by atoms with Gasteiger partial charge in [0.2, 0.25) is 0 Å². The van der Waals surface area contributed by atoms with Crippen LogP contribution in [0.2, 0.25) is 0 Å². The quantitative estimate of drug-likeness (QED) is 0.520. The molecule has 3 atom stereocenters. The summed E-state index contributed by atoms with van der Waals surface area (Å²) in [5.74, 6) is 0.0727. The van der Waals surface area contributed by atoms with Crippen LogP contribution in [0.3, 0.4) is 0 Å². The number of aliphatic hydroxyl groups is 1. The third-order valence-electron chi connectivity index (χ3n) is 8.27. The first kappa shape index (κ1) is 26.1. The largest absolute Gasteiger partial charge is 0.395 e. The van der Waals surface area contributed by atoms with Crippen LogP contribution in [0.25, 0.3) is 11.1 Å². The SMILES string of the molecule is Cc1cccc(-c2ccc([C@H]3C4CN(S(=O)(=O)c5ccnn5C(C)C)CCCCN4[C@@H]3CO)cc2)c1C. The molecule has 0 amide bonds. The number of rotatable bonds is 6. The molecule has 2 aliphatic heterocycles. The second kappa shape index (κ2) is 10.3. The molecule has 1 unspecified atom stereocenters. The Morgan fingerprint density at radius 3 is 2.46 bits per heavy atom. The first-order valence-electron chi connectivity index (χ1n) is 13.3. The molecule has 5 rings (SSSR count). The third-order valence-corrected chi connectivity index (χ3v) is 10.1. The zero-order chi connectivity index (χ0) is 26.3. The highest BCUT2D eigenvalue weighted by atomic mass is 32.2. The van der Waals surface area contributed by atoms with Crippen LogP contribution in [-0.2, 0) is 10.0 Å². The van der Waals surface area contributed by atoms with Crippen molar-refractivity contribution >= 4 is 10.0 Å². The van der Waals surface area contributed by atoms with Gasteiger partial charge in [-0.15, -0.1) is 0 Å². The second-order valence-electron chi connectivity index (χ2n) is 10.7. The summed E-state index contributed by atoms with van der Waals surface area (Å²) in [6, 6.07) is 16.6. The topological polar surface area (TPSA) is 78.7 Å². The molecule has 7 nitrogen and oxygen atoms in total. The Balaban J connectivity index is 1.44. The highest BCUT2D eigenvalue weighted by molar-refractivity contribution is 7.89. The summed E-state index contributed by atoms with van der Waals surface area (Å²) in [7, 11) is -3.69. The van der Waals surface area contributed by atoms with Crippen LogP contribution >= 0.6 is 0 Å². The van der Waals surface area contributed by atoms with Crippen LogP contribution in [0.1, 0.15) is 55.3 Å². The Morgan fingerprint density at radius 2 is 1.76 bits per heavy atom. The van der Waals surface area contributed by atoms with Gasteiger partial charge in [0.05, 0.1) is 12.8 Å². The molecule has 8 heteroatoms. The number of hydrogen-bond acceptors (Lipinski definition) is 5. The van der Waals surface area contributed by atoms with Crippen molar-refractivity contribution in [1.29, 1.82) is 0 Å². The van der Waals surface area contributed by atoms with Crippen molar-refractivity contribution in [2.45, 2.75) is 69.6 Å². The molecular formula is C29H38N4O3S. The Labute approximate surface area is 220 Å². The summed E-state index contributed by atoms with van der Waals surface area (Å²) >= 11 is 0. The number of fused-ring (bicyclic) bond motifs is 1. The predicted molar refractivity (Wildman–Crippen MR) is 146 cm³/mol. The molecule has 3 heterocycles. The summed E-state index contributed by atoms with van der Waals surface area (Å²) in [4.78, 5) is 2.31. The molecule has 0 bridgehead atoms. The predicted octanol–water partition coefficient (Wildman–Crippen LogP) is 4.36. The number of sulfonamides is 1. The Hall–Kier alpha value is -2.52. The fourth-order valence-electron chi connectivity index (χ4n) is 6.10. The Morgan fingerprint density at radius 1 is 1.03 bits per heavy atom. The van der Waals surface area contributed by atoms with E-state index in [2.05, 4.69) is 66.3 Å². The van der Waals surface area contributed by atoms with Crippen molar-refractivity contribution in [3.05, 3.63) is 71.4 Å². The van der Waals surface area contributed by atoms with Gasteiger partial charge in [-0.25, -0.2) is 8.42 Å². The van der Waals surface area contributed by atoms with E-state index < -0.39 is 10.0 Å². The number of aromatic nitrogens is 2. The van der Waals surface area contributed by atoms with E-state index in [0.717, 1.165) is 24.9 Å². The average Bonchev–Trinajstić information content (AvgIpc) is 3.37. The van der Waals surface area contributed by atoms with Crippen molar-refractivity contribution in [2.75, 3.05) is 26.2 Å². The summed E-state index contributed by atoms with van der Waals surface area (Å²) < 4.78 is 30.8. The summed E-state index contributed by atoms with van der Waals surface area (Å²) in [6.45, 7) is 10.0. The zero-order valence-corrected chi connectivity index (χ0v) is 23.0. The fraction of sp³-hybridized carbons (Fsp3) is 0.483. The molecule has 198 valence electrons. The molecule has 2 saturated heterocycles. The van der Waals surface area contributed by atoms with Gasteiger partial charge in [-0.1, -0.05) is 42.5 Å². The second-order valence-corrected chi connectivity index (χ2v) is 12.6. The molecule has 1 aromatic heterocycles. The van der Waals surface area contributed by atoms with Gasteiger partial charge in [-0.05, 0) is 81.0 Å². The summed E-state index contributed by atoms with van der Waals surface area (Å²) in [5.41, 5.74) is 6.10. The fourth-order valence-corrected chi connectivity index (χ4v) is 7.81. The standard InChI is InChI=1S/C29H38N4O3S/c1-20(2)33-28(14-15-30-33)37(35,36)31-16-5-6-17-32-26(18-31)29(27(32)19-34)24-12-10-23(11-13-24)25-9-7-8-21(3)22(25)4/h7-15,20,26-27,29,34H,5-6,16-19H2,1-4H3/t26?,27-,29+/m1/s1. The van der Waals surface area contributed by atoms with Gasteiger partial charge >= 0.3 is 0 Å². The van der Waals surface area contributed by atoms with E-state index >= 15 is 0 Å². The lowest BCUT2D eigenvalue weighted by Gasteiger charge is -2.57. The molecule has 2 fully saturated rings. The van der Waals surface area contributed by atoms with Crippen molar-refractivity contribution in [3.63, 3.8) is 0 Å². The van der Waals surface area contributed by atoms with E-state index in [4.69, 9.17) is 0 Å². The lowest BCUT2D eigenvalue weighted by molar-refractivity contribution is -0.0554. The van der Waals surface area contributed by atoms with Crippen LogP contribution in [0.15, 0.2) is 59.8 Å². The lowest BCUT2D eigenvalue weighted by atomic mass is 9.74. The van der Waals surface area contributed by atoms with Crippen molar-refractivity contribution in [2.24, 2.45) is 0 Å². The smallest absolute Gasteiger partial charge is 0.260 e. The molecule has 2 aliphatic rings. The highest BCUT2D eigenvalue weighted by Crippen LogP contribution is 2.43. The van der Waals surface area contributed by atoms with Gasteiger partial charge in [0.1, 0.15) is 0 Å². The molecule has 0 spiro atoms. The van der Waals surface area contributed by atoms with Gasteiger partial charge in [0.15, 0.2) is 5.03 Å². The molecule has 1 N–H and O–H groups in total. The van der Waals surface area contributed by atoms with E-state index in [0.29, 0.717) is 13.1 Å². The Bertz CT molecular complexity index is 1350. The Kier molecular flexibility index (Phi) is 7.29. The molecule has 3 aromatic rings. The zero-order valence-electron chi connectivity index (χ0n) is 22.2. The van der Waals surface area contributed by atoms with Crippen molar-refractivity contribution in [3.8, 4) is 11.1 Å². The van der Waals surface area contributed by atoms with Gasteiger partial charge < -0.3 is 5.11 Å². The number of nitrogens with zero attached hydrogens (tertiary/aromatic N) is 4. The molecule has 37 heavy (non-hydrogen) atoms. The maximum absolute atomic E-state index is 13.8. The third kappa shape index (κ3) is 4.65. The molecule has 2 aromatic carbocycles. The van der Waals surface area contributed by atoms with Crippen LogP contribution in [-0.4, -0.2) is 70.8 Å². The van der Waals surface area contributed by atoms with E-state index in [9.17, 15) is 13.5 Å². The minimum Gasteiger partial charge on any atom is -0.395 e. The minimum atomic E-state index is -3.69. The number of hydrogen-bond donors (Lipinski definition) is 1. The van der Waals surface area contributed by atoms with Gasteiger partial charge in [-0.3, -0.25) is 9.58 Å². The van der Waals surface area contributed by atoms with E-state index in [1.54, 1.807) is 21.3 Å². The number of aryl methyl sites for hydroxylation is 1. The highest BCUT2D eigenvalue weighted by Gasteiger charge is 2.50. The van der Waals surface area contributed by atoms with E-state index in [1.807, 2.05) is 13.8 Å². The minimum absolute atomic E-state index is 0.000372. The van der Waals surface area contributed by atoms with E-state index in [-0.39, 0.29) is 35.7 Å². The molecular weight excluding hydrogens is 484 g/mol. The monoisotopic (exact) mass is 522 g/mol. The normalized spacial score (nSPS) is 23.4. The maximum atomic E-state index is 13.8. The lowest BCUT2D eigenvalue weighted by Crippen LogP contribution is -2.67. The first-order valence-corrected chi connectivity index (χ1v) is 14.7. The molecule has 0 saturated carbocycles. The molecule has 0 aliphatic carbocycles. The van der Waals surface area contributed by atoms with Crippen LogP contribution in [0.5, 0.6) is 0 Å². The van der Waals surface area contributed by atoms with Crippen molar-refractivity contribution in [1.82, 2.24) is 19.0 Å². The molecule has 0 radical (unpaired) electrons. The van der Waals surface area contributed by atoms with E-state index in [1.165, 1.54) is 22.3 Å². The summed E-state index contributed by atoms with van der Waals surface area (Å²) in [5, 5.41) is 14.8.